The Morgan fingerprint density at radius 3 is 2.33 bits per heavy atom. The van der Waals surface area contributed by atoms with Crippen LogP contribution in [0.5, 0.6) is 0 Å². The van der Waals surface area contributed by atoms with Crippen LogP contribution in [0.25, 0.3) is 0 Å². The summed E-state index contributed by atoms with van der Waals surface area (Å²) in [5.41, 5.74) is 3.79. The lowest BCUT2D eigenvalue weighted by atomic mass is 10.1. The molecule has 1 N–H and O–H groups in total. The molecule has 0 spiro atoms. The van der Waals surface area contributed by atoms with Gasteiger partial charge in [0.25, 0.3) is 0 Å². The quantitative estimate of drug-likeness (QED) is 0.782. The van der Waals surface area contributed by atoms with Gasteiger partial charge in [-0.3, -0.25) is 0 Å². The van der Waals surface area contributed by atoms with Crippen LogP contribution in [-0.2, 0) is 6.54 Å². The third-order valence-corrected chi connectivity index (χ3v) is 4.13. The molecule has 0 aliphatic heterocycles. The molecule has 0 atom stereocenters. The Hall–Kier alpha value is -1.09. The molecular formula is C18H33N3. The molecule has 0 radical (unpaired) electrons. The van der Waals surface area contributed by atoms with Crippen molar-refractivity contribution >= 4 is 5.82 Å². The number of aromatic nitrogens is 1. The van der Waals surface area contributed by atoms with E-state index in [1.807, 2.05) is 0 Å². The first-order valence-electron chi connectivity index (χ1n) is 8.31. The van der Waals surface area contributed by atoms with Crippen LogP contribution in [0.15, 0.2) is 6.07 Å². The van der Waals surface area contributed by atoms with E-state index in [9.17, 15) is 0 Å². The molecule has 0 aliphatic carbocycles. The summed E-state index contributed by atoms with van der Waals surface area (Å²) in [6, 6.07) is 2.75. The Bertz CT molecular complexity index is 436. The molecule has 0 bridgehead atoms. The summed E-state index contributed by atoms with van der Waals surface area (Å²) in [6.45, 7) is 15.2. The fourth-order valence-corrected chi connectivity index (χ4v) is 2.85. The SMILES string of the molecule is CCC(CC)N(C)c1nc(C)cc(C)c1CNCC(C)C. The van der Waals surface area contributed by atoms with Crippen molar-refractivity contribution in [1.82, 2.24) is 10.3 Å². The van der Waals surface area contributed by atoms with Crippen molar-refractivity contribution in [3.63, 3.8) is 0 Å². The molecule has 0 saturated carbocycles. The van der Waals surface area contributed by atoms with E-state index in [1.165, 1.54) is 11.1 Å². The normalized spacial score (nSPS) is 11.5. The van der Waals surface area contributed by atoms with Gasteiger partial charge in [-0.25, -0.2) is 4.98 Å². The molecule has 3 heteroatoms. The van der Waals surface area contributed by atoms with Crippen LogP contribution in [0, 0.1) is 19.8 Å². The summed E-state index contributed by atoms with van der Waals surface area (Å²) in [5, 5.41) is 3.56. The van der Waals surface area contributed by atoms with Crippen LogP contribution in [0.2, 0.25) is 0 Å². The monoisotopic (exact) mass is 291 g/mol. The van der Waals surface area contributed by atoms with Gasteiger partial charge < -0.3 is 10.2 Å². The van der Waals surface area contributed by atoms with Crippen molar-refractivity contribution < 1.29 is 0 Å². The molecule has 120 valence electrons. The summed E-state index contributed by atoms with van der Waals surface area (Å²) in [5.74, 6) is 1.82. The number of anilines is 1. The van der Waals surface area contributed by atoms with Crippen molar-refractivity contribution in [1.29, 1.82) is 0 Å². The lowest BCUT2D eigenvalue weighted by molar-refractivity contribution is 0.546. The van der Waals surface area contributed by atoms with E-state index >= 15 is 0 Å². The van der Waals surface area contributed by atoms with Gasteiger partial charge in [0.05, 0.1) is 0 Å². The van der Waals surface area contributed by atoms with E-state index in [0.29, 0.717) is 12.0 Å². The molecule has 0 amide bonds. The molecule has 0 fully saturated rings. The Morgan fingerprint density at radius 1 is 1.19 bits per heavy atom. The van der Waals surface area contributed by atoms with Gasteiger partial charge in [-0.1, -0.05) is 27.7 Å². The highest BCUT2D eigenvalue weighted by Crippen LogP contribution is 2.25. The molecule has 1 aromatic heterocycles. The Labute approximate surface area is 131 Å². The molecule has 0 unspecified atom stereocenters. The minimum Gasteiger partial charge on any atom is -0.356 e. The Balaban J connectivity index is 3.04. The van der Waals surface area contributed by atoms with Crippen LogP contribution in [0.1, 0.15) is 57.4 Å². The minimum atomic E-state index is 0.558. The van der Waals surface area contributed by atoms with E-state index in [-0.39, 0.29) is 0 Å². The molecule has 0 saturated heterocycles. The maximum Gasteiger partial charge on any atom is 0.133 e. The van der Waals surface area contributed by atoms with Crippen molar-refractivity contribution in [2.45, 2.75) is 67.0 Å². The maximum atomic E-state index is 4.83. The highest BCUT2D eigenvalue weighted by molar-refractivity contribution is 5.51. The highest BCUT2D eigenvalue weighted by Gasteiger charge is 2.18. The fourth-order valence-electron chi connectivity index (χ4n) is 2.85. The van der Waals surface area contributed by atoms with Gasteiger partial charge in [0.15, 0.2) is 0 Å². The van der Waals surface area contributed by atoms with Crippen molar-refractivity contribution in [3.8, 4) is 0 Å². The summed E-state index contributed by atoms with van der Waals surface area (Å²) in [4.78, 5) is 7.20. The highest BCUT2D eigenvalue weighted by atomic mass is 15.2. The second-order valence-corrected chi connectivity index (χ2v) is 6.49. The van der Waals surface area contributed by atoms with E-state index in [4.69, 9.17) is 4.98 Å². The van der Waals surface area contributed by atoms with Gasteiger partial charge >= 0.3 is 0 Å². The van der Waals surface area contributed by atoms with E-state index in [2.05, 4.69) is 64.9 Å². The van der Waals surface area contributed by atoms with Gasteiger partial charge in [-0.2, -0.15) is 0 Å². The van der Waals surface area contributed by atoms with Crippen LogP contribution in [0.4, 0.5) is 5.82 Å². The smallest absolute Gasteiger partial charge is 0.133 e. The number of hydrogen-bond donors (Lipinski definition) is 1. The van der Waals surface area contributed by atoms with Crippen LogP contribution < -0.4 is 10.2 Å². The Morgan fingerprint density at radius 2 is 1.81 bits per heavy atom. The second-order valence-electron chi connectivity index (χ2n) is 6.49. The number of rotatable bonds is 8. The topological polar surface area (TPSA) is 28.2 Å². The van der Waals surface area contributed by atoms with Gasteiger partial charge in [-0.15, -0.1) is 0 Å². The first-order chi connectivity index (χ1) is 9.90. The van der Waals surface area contributed by atoms with Crippen LogP contribution >= 0.6 is 0 Å². The predicted octanol–water partition coefficient (Wildman–Crippen LogP) is 4.07. The number of nitrogens with one attached hydrogen (secondary N) is 1. The lowest BCUT2D eigenvalue weighted by Gasteiger charge is -2.30. The molecule has 0 aromatic carbocycles. The molecule has 1 heterocycles. The molecule has 3 nitrogen and oxygen atoms in total. The summed E-state index contributed by atoms with van der Waals surface area (Å²) in [7, 11) is 2.19. The molecule has 1 rings (SSSR count). The first-order valence-corrected chi connectivity index (χ1v) is 8.31. The zero-order valence-electron chi connectivity index (χ0n) is 15.0. The molecular weight excluding hydrogens is 258 g/mol. The second kappa shape index (κ2) is 8.38. The van der Waals surface area contributed by atoms with E-state index in [1.54, 1.807) is 0 Å². The van der Waals surface area contributed by atoms with Gasteiger partial charge in [0.1, 0.15) is 5.82 Å². The Kier molecular flexibility index (Phi) is 7.16. The minimum absolute atomic E-state index is 0.558. The summed E-state index contributed by atoms with van der Waals surface area (Å²) < 4.78 is 0. The summed E-state index contributed by atoms with van der Waals surface area (Å²) >= 11 is 0. The largest absolute Gasteiger partial charge is 0.356 e. The van der Waals surface area contributed by atoms with Gasteiger partial charge in [-0.05, 0) is 50.8 Å². The van der Waals surface area contributed by atoms with Gasteiger partial charge in [0, 0.05) is 30.9 Å². The number of hydrogen-bond acceptors (Lipinski definition) is 3. The zero-order valence-corrected chi connectivity index (χ0v) is 15.0. The zero-order chi connectivity index (χ0) is 16.0. The van der Waals surface area contributed by atoms with Crippen molar-refractivity contribution in [2.24, 2.45) is 5.92 Å². The number of aryl methyl sites for hydroxylation is 2. The van der Waals surface area contributed by atoms with Crippen LogP contribution in [-0.4, -0.2) is 24.6 Å². The van der Waals surface area contributed by atoms with Crippen molar-refractivity contribution in [3.05, 3.63) is 22.9 Å². The third-order valence-electron chi connectivity index (χ3n) is 4.13. The lowest BCUT2D eigenvalue weighted by Crippen LogP contribution is -2.33. The molecule has 0 aliphatic rings. The molecule has 1 aromatic rings. The van der Waals surface area contributed by atoms with Crippen molar-refractivity contribution in [2.75, 3.05) is 18.5 Å². The standard InChI is InChI=1S/C18H33N3/c1-8-16(9-2)21(7)18-17(12-19-11-13(3)4)14(5)10-15(6)20-18/h10,13,16,19H,8-9,11-12H2,1-7H3. The average molecular weight is 291 g/mol. The average Bonchev–Trinajstić information content (AvgIpc) is 2.41. The van der Waals surface area contributed by atoms with Gasteiger partial charge in [0.2, 0.25) is 0 Å². The fraction of sp³-hybridized carbons (Fsp3) is 0.722. The molecule has 21 heavy (non-hydrogen) atoms. The number of nitrogens with zero attached hydrogens (tertiary/aromatic N) is 2. The van der Waals surface area contributed by atoms with E-state index in [0.717, 1.165) is 37.4 Å². The first kappa shape index (κ1) is 18.0. The van der Waals surface area contributed by atoms with E-state index < -0.39 is 0 Å². The maximum absolute atomic E-state index is 4.83. The summed E-state index contributed by atoms with van der Waals surface area (Å²) in [6.07, 6.45) is 2.31. The predicted molar refractivity (Wildman–Crippen MR) is 93.0 cm³/mol. The third kappa shape index (κ3) is 4.99. The van der Waals surface area contributed by atoms with Crippen LogP contribution in [0.3, 0.4) is 0 Å². The number of pyridine rings is 1.